The molecule has 0 radical (unpaired) electrons. The van der Waals surface area contributed by atoms with E-state index >= 15 is 0 Å². The van der Waals surface area contributed by atoms with Gasteiger partial charge < -0.3 is 27.0 Å². The fraction of sp³-hybridized carbons (Fsp3) is 0.429. The van der Waals surface area contributed by atoms with Gasteiger partial charge in [-0.25, -0.2) is 9.97 Å². The van der Waals surface area contributed by atoms with Gasteiger partial charge in [0.1, 0.15) is 5.82 Å². The van der Waals surface area contributed by atoms with E-state index < -0.39 is 5.91 Å². The zero-order chi connectivity index (χ0) is 21.8. The van der Waals surface area contributed by atoms with Crippen molar-refractivity contribution < 1.29 is 9.59 Å². The van der Waals surface area contributed by atoms with Gasteiger partial charge in [0.2, 0.25) is 0 Å². The van der Waals surface area contributed by atoms with Crippen molar-refractivity contribution in [1.29, 1.82) is 0 Å². The second kappa shape index (κ2) is 9.08. The maximum absolute atomic E-state index is 12.3. The van der Waals surface area contributed by atoms with E-state index in [2.05, 4.69) is 20.6 Å². The van der Waals surface area contributed by atoms with Crippen LogP contribution in [0.5, 0.6) is 0 Å². The molecule has 9 nitrogen and oxygen atoms in total. The molecule has 3 rings (SSSR count). The number of carbonyl (C=O) groups excluding carboxylic acids is 2. The average molecular weight is 412 g/mol. The topological polar surface area (TPSA) is 139 Å². The predicted octanol–water partition coefficient (Wildman–Crippen LogP) is 2.01. The number of nitrogens with one attached hydrogen (secondary N) is 2. The van der Waals surface area contributed by atoms with Crippen LogP contribution in [0.2, 0.25) is 0 Å². The Balaban J connectivity index is 1.90. The van der Waals surface area contributed by atoms with Crippen LogP contribution in [0.3, 0.4) is 0 Å². The molecule has 30 heavy (non-hydrogen) atoms. The highest BCUT2D eigenvalue weighted by molar-refractivity contribution is 5.98. The molecule has 1 aliphatic carbocycles. The summed E-state index contributed by atoms with van der Waals surface area (Å²) >= 11 is 0. The molecule has 0 saturated heterocycles. The summed E-state index contributed by atoms with van der Waals surface area (Å²) in [5.41, 5.74) is 14.2. The van der Waals surface area contributed by atoms with Gasteiger partial charge >= 0.3 is 0 Å². The number of aromatic nitrogens is 2. The number of nitrogens with zero attached hydrogens (tertiary/aromatic N) is 3. The Hall–Kier alpha value is -3.20. The van der Waals surface area contributed by atoms with E-state index in [-0.39, 0.29) is 23.7 Å². The Morgan fingerprint density at radius 1 is 1.17 bits per heavy atom. The highest BCUT2D eigenvalue weighted by Gasteiger charge is 2.22. The van der Waals surface area contributed by atoms with E-state index in [4.69, 9.17) is 11.5 Å². The predicted molar refractivity (Wildman–Crippen MR) is 117 cm³/mol. The van der Waals surface area contributed by atoms with Crippen LogP contribution in [0.15, 0.2) is 24.4 Å². The van der Waals surface area contributed by atoms with Crippen LogP contribution in [-0.4, -0.2) is 52.9 Å². The van der Waals surface area contributed by atoms with Gasteiger partial charge in [-0.1, -0.05) is 12.8 Å². The second-order valence-electron chi connectivity index (χ2n) is 7.89. The molecule has 0 spiro atoms. The fourth-order valence-electron chi connectivity index (χ4n) is 3.64. The number of aryl methyl sites for hydroxylation is 1. The van der Waals surface area contributed by atoms with Crippen molar-refractivity contribution in [2.75, 3.05) is 24.7 Å². The third kappa shape index (κ3) is 5.04. The van der Waals surface area contributed by atoms with Gasteiger partial charge in [-0.2, -0.15) is 0 Å². The Morgan fingerprint density at radius 3 is 2.57 bits per heavy atom. The van der Waals surface area contributed by atoms with Crippen molar-refractivity contribution in [3.63, 3.8) is 0 Å². The Morgan fingerprint density at radius 2 is 1.90 bits per heavy atom. The summed E-state index contributed by atoms with van der Waals surface area (Å²) in [5, 5.41) is 6.52. The molecule has 1 saturated carbocycles. The van der Waals surface area contributed by atoms with E-state index in [0.717, 1.165) is 31.4 Å². The first-order valence-electron chi connectivity index (χ1n) is 10.0. The normalized spacial score (nSPS) is 18.5. The number of carbonyl (C=O) groups is 2. The molecule has 1 fully saturated rings. The number of pyridine rings is 2. The first-order valence-corrected chi connectivity index (χ1v) is 10.0. The summed E-state index contributed by atoms with van der Waals surface area (Å²) < 4.78 is 0. The quantitative estimate of drug-likeness (QED) is 0.570. The van der Waals surface area contributed by atoms with E-state index in [0.29, 0.717) is 22.8 Å². The Labute approximate surface area is 176 Å². The van der Waals surface area contributed by atoms with Gasteiger partial charge in [-0.15, -0.1) is 0 Å². The molecule has 0 aliphatic heterocycles. The average Bonchev–Trinajstić information content (AvgIpc) is 2.68. The van der Waals surface area contributed by atoms with Crippen molar-refractivity contribution in [3.05, 3.63) is 41.3 Å². The van der Waals surface area contributed by atoms with Crippen LogP contribution >= 0.6 is 0 Å². The summed E-state index contributed by atoms with van der Waals surface area (Å²) in [6, 6.07) is 5.34. The molecule has 0 bridgehead atoms. The maximum atomic E-state index is 12.3. The van der Waals surface area contributed by atoms with Crippen molar-refractivity contribution >= 4 is 29.0 Å². The van der Waals surface area contributed by atoms with Gasteiger partial charge in [0.25, 0.3) is 11.8 Å². The van der Waals surface area contributed by atoms with E-state index in [1.165, 1.54) is 4.90 Å². The SMILES string of the molecule is Cc1cc(C(=O)N(C)C)cc(Nc2cc(N[C@@H]3CCCC[C@@H]3N)cnc2C(N)=O)n1. The molecule has 0 unspecified atom stereocenters. The number of anilines is 3. The lowest BCUT2D eigenvalue weighted by molar-refractivity contribution is 0.0827. The minimum atomic E-state index is -0.657. The molecule has 160 valence electrons. The lowest BCUT2D eigenvalue weighted by atomic mass is 9.91. The highest BCUT2D eigenvalue weighted by Crippen LogP contribution is 2.26. The maximum Gasteiger partial charge on any atom is 0.269 e. The van der Waals surface area contributed by atoms with Gasteiger partial charge in [0.15, 0.2) is 5.69 Å². The first kappa shape index (κ1) is 21.5. The van der Waals surface area contributed by atoms with Crippen molar-refractivity contribution in [2.45, 2.75) is 44.7 Å². The van der Waals surface area contributed by atoms with Crippen LogP contribution in [0.4, 0.5) is 17.2 Å². The van der Waals surface area contributed by atoms with Crippen LogP contribution in [-0.2, 0) is 0 Å². The van der Waals surface area contributed by atoms with Gasteiger partial charge in [0.05, 0.1) is 17.6 Å². The number of hydrogen-bond donors (Lipinski definition) is 4. The molecular formula is C21H29N7O2. The van der Waals surface area contributed by atoms with Crippen molar-refractivity contribution in [3.8, 4) is 0 Å². The van der Waals surface area contributed by atoms with Crippen molar-refractivity contribution in [2.24, 2.45) is 11.5 Å². The lowest BCUT2D eigenvalue weighted by Gasteiger charge is -2.30. The summed E-state index contributed by atoms with van der Waals surface area (Å²) in [7, 11) is 3.37. The Kier molecular flexibility index (Phi) is 6.51. The standard InChI is InChI=1S/C21H29N7O2/c1-12-8-13(21(30)28(2)3)9-18(25-12)27-17-10-14(11-24-19(17)20(23)29)26-16-7-5-4-6-15(16)22/h8-11,15-16,26H,4-7,22H2,1-3H3,(H2,23,29)(H,25,27)/t15-,16+/m0/s1. The van der Waals surface area contributed by atoms with Gasteiger partial charge in [-0.3, -0.25) is 9.59 Å². The van der Waals surface area contributed by atoms with Crippen LogP contribution in [0.25, 0.3) is 0 Å². The molecule has 2 heterocycles. The summed E-state index contributed by atoms with van der Waals surface area (Å²) in [6.45, 7) is 1.80. The molecule has 1 aliphatic rings. The van der Waals surface area contributed by atoms with Gasteiger partial charge in [-0.05, 0) is 38.0 Å². The molecular weight excluding hydrogens is 382 g/mol. The lowest BCUT2D eigenvalue weighted by Crippen LogP contribution is -2.42. The second-order valence-corrected chi connectivity index (χ2v) is 7.89. The minimum Gasteiger partial charge on any atom is -0.379 e. The summed E-state index contributed by atoms with van der Waals surface area (Å²) in [5.74, 6) is -0.370. The summed E-state index contributed by atoms with van der Waals surface area (Å²) in [6.07, 6.45) is 5.80. The molecule has 6 N–H and O–H groups in total. The number of rotatable bonds is 6. The van der Waals surface area contributed by atoms with E-state index in [9.17, 15) is 9.59 Å². The third-order valence-corrected chi connectivity index (χ3v) is 5.16. The van der Waals surface area contributed by atoms with Crippen LogP contribution in [0.1, 0.15) is 52.2 Å². The van der Waals surface area contributed by atoms with Crippen molar-refractivity contribution in [1.82, 2.24) is 14.9 Å². The molecule has 0 aromatic carbocycles. The van der Waals surface area contributed by atoms with E-state index in [1.807, 2.05) is 0 Å². The third-order valence-electron chi connectivity index (χ3n) is 5.16. The monoisotopic (exact) mass is 411 g/mol. The Bertz CT molecular complexity index is 945. The molecule has 2 aromatic rings. The zero-order valence-electron chi connectivity index (χ0n) is 17.6. The first-order chi connectivity index (χ1) is 14.2. The van der Waals surface area contributed by atoms with Crippen LogP contribution in [0, 0.1) is 6.92 Å². The van der Waals surface area contributed by atoms with Gasteiger partial charge in [0, 0.05) is 37.4 Å². The zero-order valence-corrected chi connectivity index (χ0v) is 17.6. The number of hydrogen-bond acceptors (Lipinski definition) is 7. The highest BCUT2D eigenvalue weighted by atomic mass is 16.2. The molecule has 2 aromatic heterocycles. The molecule has 9 heteroatoms. The number of primary amides is 1. The molecule has 2 atom stereocenters. The number of nitrogens with two attached hydrogens (primary N) is 2. The molecule has 2 amide bonds. The van der Waals surface area contributed by atoms with E-state index in [1.54, 1.807) is 45.4 Å². The van der Waals surface area contributed by atoms with Crippen LogP contribution < -0.4 is 22.1 Å². The minimum absolute atomic E-state index is 0.0732. The fourth-order valence-corrected chi connectivity index (χ4v) is 3.64. The smallest absolute Gasteiger partial charge is 0.269 e. The summed E-state index contributed by atoms with van der Waals surface area (Å²) in [4.78, 5) is 34.4. The largest absolute Gasteiger partial charge is 0.379 e. The number of amides is 2.